The number of amides is 1. The lowest BCUT2D eigenvalue weighted by atomic mass is 10.2. The maximum atomic E-state index is 11.2. The van der Waals surface area contributed by atoms with E-state index in [1.807, 2.05) is 25.4 Å². The van der Waals surface area contributed by atoms with Gasteiger partial charge in [-0.2, -0.15) is 0 Å². The molecule has 0 unspecified atom stereocenters. The van der Waals surface area contributed by atoms with Crippen LogP contribution in [0.3, 0.4) is 0 Å². The molecule has 5 nitrogen and oxygen atoms in total. The van der Waals surface area contributed by atoms with Crippen LogP contribution in [0.5, 0.6) is 0 Å². The summed E-state index contributed by atoms with van der Waals surface area (Å²) in [7, 11) is 1.82. The highest BCUT2D eigenvalue weighted by atomic mass is 32.1. The van der Waals surface area contributed by atoms with Crippen LogP contribution in [-0.2, 0) is 4.79 Å². The molecule has 0 atom stereocenters. The monoisotopic (exact) mass is 318 g/mol. The highest BCUT2D eigenvalue weighted by Crippen LogP contribution is 2.39. The minimum atomic E-state index is -0.380. The molecule has 3 heterocycles. The molecule has 7 heteroatoms. The van der Waals surface area contributed by atoms with Crippen molar-refractivity contribution in [1.82, 2.24) is 9.97 Å². The lowest BCUT2D eigenvalue weighted by Gasteiger charge is -2.18. The number of carbonyl (C=O) groups excluding carboxylic acids is 1. The standard InChI is InChI=1S/C14H14N4OS2/c1-8-16-13(18(2)6-11(15)19)12-9(7-21-14(12)17-8)10-4-3-5-20-10/h3-5,7H,6H2,1-2H3,(H2,15,19). The van der Waals surface area contributed by atoms with Crippen molar-refractivity contribution < 1.29 is 4.79 Å². The number of anilines is 1. The van der Waals surface area contributed by atoms with E-state index in [1.165, 1.54) is 4.88 Å². The summed E-state index contributed by atoms with van der Waals surface area (Å²) in [4.78, 5) is 24.1. The van der Waals surface area contributed by atoms with E-state index in [9.17, 15) is 4.79 Å². The average molecular weight is 318 g/mol. The second kappa shape index (κ2) is 5.42. The summed E-state index contributed by atoms with van der Waals surface area (Å²) in [5, 5.41) is 5.11. The molecule has 0 spiro atoms. The number of thiophene rings is 2. The van der Waals surface area contributed by atoms with Gasteiger partial charge in [-0.15, -0.1) is 22.7 Å². The van der Waals surface area contributed by atoms with Gasteiger partial charge in [-0.25, -0.2) is 9.97 Å². The summed E-state index contributed by atoms with van der Waals surface area (Å²) in [5.41, 5.74) is 6.41. The van der Waals surface area contributed by atoms with Gasteiger partial charge >= 0.3 is 0 Å². The number of aryl methyl sites for hydroxylation is 1. The number of rotatable bonds is 4. The molecule has 3 aromatic heterocycles. The van der Waals surface area contributed by atoms with Gasteiger partial charge < -0.3 is 10.6 Å². The molecule has 108 valence electrons. The Morgan fingerprint density at radius 1 is 1.38 bits per heavy atom. The lowest BCUT2D eigenvalue weighted by Crippen LogP contribution is -2.31. The molecule has 0 fully saturated rings. The molecule has 0 aromatic carbocycles. The molecule has 0 bridgehead atoms. The first-order chi connectivity index (χ1) is 10.1. The minimum Gasteiger partial charge on any atom is -0.368 e. The van der Waals surface area contributed by atoms with E-state index in [1.54, 1.807) is 27.6 Å². The zero-order valence-electron chi connectivity index (χ0n) is 11.7. The molecule has 0 saturated carbocycles. The number of carbonyl (C=O) groups is 1. The van der Waals surface area contributed by atoms with Crippen LogP contribution in [-0.4, -0.2) is 29.5 Å². The SMILES string of the molecule is Cc1nc(N(C)CC(N)=O)c2c(-c3cccs3)csc2n1. The van der Waals surface area contributed by atoms with Crippen LogP contribution >= 0.6 is 22.7 Å². The van der Waals surface area contributed by atoms with Gasteiger partial charge in [-0.1, -0.05) is 6.07 Å². The molecule has 0 radical (unpaired) electrons. The van der Waals surface area contributed by atoms with Crippen molar-refractivity contribution in [2.75, 3.05) is 18.5 Å². The largest absolute Gasteiger partial charge is 0.368 e. The normalized spacial score (nSPS) is 11.0. The first kappa shape index (κ1) is 14.0. The Morgan fingerprint density at radius 2 is 2.19 bits per heavy atom. The van der Waals surface area contributed by atoms with E-state index in [0.29, 0.717) is 5.82 Å². The van der Waals surface area contributed by atoms with Crippen LogP contribution in [0.15, 0.2) is 22.9 Å². The molecule has 2 N–H and O–H groups in total. The third kappa shape index (κ3) is 2.62. The van der Waals surface area contributed by atoms with Crippen molar-refractivity contribution >= 4 is 44.6 Å². The van der Waals surface area contributed by atoms with Gasteiger partial charge in [0.1, 0.15) is 16.5 Å². The van der Waals surface area contributed by atoms with Crippen molar-refractivity contribution in [2.45, 2.75) is 6.92 Å². The smallest absolute Gasteiger partial charge is 0.236 e. The van der Waals surface area contributed by atoms with Gasteiger partial charge in [-0.3, -0.25) is 4.79 Å². The lowest BCUT2D eigenvalue weighted by molar-refractivity contribution is -0.116. The zero-order chi connectivity index (χ0) is 15.0. The number of hydrogen-bond donors (Lipinski definition) is 1. The fraction of sp³-hybridized carbons (Fsp3) is 0.214. The van der Waals surface area contributed by atoms with E-state index in [0.717, 1.165) is 21.6 Å². The second-order valence-electron chi connectivity index (χ2n) is 4.72. The predicted octanol–water partition coefficient (Wildman–Crippen LogP) is 2.65. The Balaban J connectivity index is 2.22. The van der Waals surface area contributed by atoms with Crippen LogP contribution in [0.2, 0.25) is 0 Å². The fourth-order valence-corrected chi connectivity index (χ4v) is 4.03. The van der Waals surface area contributed by atoms with Gasteiger partial charge in [0.05, 0.1) is 11.9 Å². The summed E-state index contributed by atoms with van der Waals surface area (Å²) >= 11 is 3.26. The van der Waals surface area contributed by atoms with Crippen molar-refractivity contribution in [2.24, 2.45) is 5.73 Å². The molecular formula is C14H14N4OS2. The highest BCUT2D eigenvalue weighted by Gasteiger charge is 2.18. The molecule has 3 rings (SSSR count). The van der Waals surface area contributed by atoms with Crippen molar-refractivity contribution in [3.63, 3.8) is 0 Å². The van der Waals surface area contributed by atoms with E-state index in [2.05, 4.69) is 21.4 Å². The highest BCUT2D eigenvalue weighted by molar-refractivity contribution is 7.18. The number of aromatic nitrogens is 2. The van der Waals surface area contributed by atoms with Gasteiger partial charge in [0.15, 0.2) is 0 Å². The molecule has 0 aliphatic heterocycles. The molecule has 0 aliphatic carbocycles. The number of primary amides is 1. The van der Waals surface area contributed by atoms with Crippen LogP contribution < -0.4 is 10.6 Å². The Hall–Kier alpha value is -1.99. The van der Waals surface area contributed by atoms with Crippen LogP contribution in [0, 0.1) is 6.92 Å². The Morgan fingerprint density at radius 3 is 2.86 bits per heavy atom. The van der Waals surface area contributed by atoms with Gasteiger partial charge in [0, 0.05) is 22.9 Å². The molecular weight excluding hydrogens is 304 g/mol. The third-order valence-electron chi connectivity index (χ3n) is 3.07. The maximum absolute atomic E-state index is 11.2. The summed E-state index contributed by atoms with van der Waals surface area (Å²) in [6.07, 6.45) is 0. The molecule has 1 amide bonds. The minimum absolute atomic E-state index is 0.130. The van der Waals surface area contributed by atoms with Crippen molar-refractivity contribution in [3.05, 3.63) is 28.7 Å². The molecule has 3 aromatic rings. The number of hydrogen-bond acceptors (Lipinski definition) is 6. The predicted molar refractivity (Wildman–Crippen MR) is 87.9 cm³/mol. The fourth-order valence-electron chi connectivity index (χ4n) is 2.23. The first-order valence-electron chi connectivity index (χ1n) is 6.35. The van der Waals surface area contributed by atoms with Gasteiger partial charge in [0.2, 0.25) is 5.91 Å². The number of likely N-dealkylation sites (N-methyl/N-ethyl adjacent to an activating group) is 1. The van der Waals surface area contributed by atoms with Crippen molar-refractivity contribution in [1.29, 1.82) is 0 Å². The van der Waals surface area contributed by atoms with Crippen molar-refractivity contribution in [3.8, 4) is 10.4 Å². The summed E-state index contributed by atoms with van der Waals surface area (Å²) < 4.78 is 0. The van der Waals surface area contributed by atoms with E-state index in [-0.39, 0.29) is 12.5 Å². The zero-order valence-corrected chi connectivity index (χ0v) is 13.3. The Bertz CT molecular complexity index is 795. The first-order valence-corrected chi connectivity index (χ1v) is 8.11. The molecule has 0 aliphatic rings. The van der Waals surface area contributed by atoms with Crippen LogP contribution in [0.1, 0.15) is 5.82 Å². The van der Waals surface area contributed by atoms with E-state index < -0.39 is 0 Å². The summed E-state index contributed by atoms with van der Waals surface area (Å²) in [6, 6.07) is 4.09. The van der Waals surface area contributed by atoms with Gasteiger partial charge in [0.25, 0.3) is 0 Å². The van der Waals surface area contributed by atoms with Crippen LogP contribution in [0.4, 0.5) is 5.82 Å². The third-order valence-corrected chi connectivity index (χ3v) is 4.84. The second-order valence-corrected chi connectivity index (χ2v) is 6.53. The quantitative estimate of drug-likeness (QED) is 0.802. The Labute approximate surface area is 130 Å². The van der Waals surface area contributed by atoms with E-state index >= 15 is 0 Å². The molecule has 0 saturated heterocycles. The topological polar surface area (TPSA) is 72.1 Å². The molecule has 21 heavy (non-hydrogen) atoms. The Kier molecular flexibility index (Phi) is 3.60. The number of nitrogens with zero attached hydrogens (tertiary/aromatic N) is 3. The summed E-state index contributed by atoms with van der Waals surface area (Å²) in [6.45, 7) is 1.98. The van der Waals surface area contributed by atoms with Crippen LogP contribution in [0.25, 0.3) is 20.7 Å². The average Bonchev–Trinajstić information content (AvgIpc) is 3.04. The maximum Gasteiger partial charge on any atom is 0.236 e. The van der Waals surface area contributed by atoms with Gasteiger partial charge in [-0.05, 0) is 18.4 Å². The van der Waals surface area contributed by atoms with E-state index in [4.69, 9.17) is 5.73 Å². The number of nitrogens with two attached hydrogens (primary N) is 1. The summed E-state index contributed by atoms with van der Waals surface area (Å²) in [5.74, 6) is 1.06. The number of fused-ring (bicyclic) bond motifs is 1.